The van der Waals surface area contributed by atoms with Gasteiger partial charge >= 0.3 is 0 Å². The minimum Gasteiger partial charge on any atom is -0.300 e. The Morgan fingerprint density at radius 2 is 1.89 bits per heavy atom. The lowest BCUT2D eigenvalue weighted by Gasteiger charge is -2.17. The second kappa shape index (κ2) is 6.72. The van der Waals surface area contributed by atoms with E-state index in [1.165, 1.54) is 31.4 Å². The highest BCUT2D eigenvalue weighted by Crippen LogP contribution is 2.19. The molecular formula is C13H18N4O2. The van der Waals surface area contributed by atoms with Crippen molar-refractivity contribution in [3.63, 3.8) is 0 Å². The van der Waals surface area contributed by atoms with E-state index in [2.05, 4.69) is 15.8 Å². The number of hydrogen-bond acceptors (Lipinski definition) is 4. The summed E-state index contributed by atoms with van der Waals surface area (Å²) in [5, 5.41) is 10.5. The molecule has 0 aliphatic heterocycles. The van der Waals surface area contributed by atoms with Crippen molar-refractivity contribution in [3.8, 4) is 0 Å². The van der Waals surface area contributed by atoms with Crippen molar-refractivity contribution < 1.29 is 4.92 Å². The Morgan fingerprint density at radius 3 is 2.53 bits per heavy atom. The van der Waals surface area contributed by atoms with Gasteiger partial charge in [0.25, 0.3) is 5.69 Å². The number of nitrogens with zero attached hydrogens (tertiary/aromatic N) is 2. The average Bonchev–Trinajstić information content (AvgIpc) is 2.45. The van der Waals surface area contributed by atoms with Gasteiger partial charge in [-0.2, -0.15) is 0 Å². The van der Waals surface area contributed by atoms with E-state index in [-0.39, 0.29) is 5.69 Å². The molecule has 0 spiro atoms. The molecule has 0 amide bonds. The molecule has 0 radical (unpaired) electrons. The number of anilines is 1. The third-order valence-electron chi connectivity index (χ3n) is 3.22. The number of non-ortho nitro benzene ring substituents is 1. The van der Waals surface area contributed by atoms with E-state index in [0.717, 1.165) is 18.5 Å². The van der Waals surface area contributed by atoms with Crippen LogP contribution < -0.4 is 10.9 Å². The molecule has 1 aliphatic carbocycles. The van der Waals surface area contributed by atoms with Crippen LogP contribution >= 0.6 is 0 Å². The fourth-order valence-corrected chi connectivity index (χ4v) is 2.15. The van der Waals surface area contributed by atoms with Crippen molar-refractivity contribution in [2.45, 2.75) is 38.1 Å². The summed E-state index contributed by atoms with van der Waals surface area (Å²) in [5.41, 5.74) is 6.66. The van der Waals surface area contributed by atoms with Crippen LogP contribution in [0.25, 0.3) is 0 Å². The number of nitrogens with one attached hydrogen (secondary N) is 2. The van der Waals surface area contributed by atoms with Crippen LogP contribution in [0.3, 0.4) is 0 Å². The first-order valence-electron chi connectivity index (χ1n) is 6.53. The molecule has 0 heterocycles. The molecule has 1 saturated carbocycles. The van der Waals surface area contributed by atoms with Gasteiger partial charge in [-0.25, -0.2) is 0 Å². The molecule has 102 valence electrons. The van der Waals surface area contributed by atoms with Crippen LogP contribution in [0.2, 0.25) is 0 Å². The smallest absolute Gasteiger partial charge is 0.269 e. The van der Waals surface area contributed by atoms with Gasteiger partial charge in [0.2, 0.25) is 0 Å². The molecule has 0 saturated heterocycles. The molecule has 19 heavy (non-hydrogen) atoms. The van der Waals surface area contributed by atoms with Crippen LogP contribution in [-0.4, -0.2) is 17.3 Å². The Labute approximate surface area is 112 Å². The topological polar surface area (TPSA) is 79.6 Å². The predicted molar refractivity (Wildman–Crippen MR) is 75.2 cm³/mol. The average molecular weight is 262 g/mol. The second-order valence-electron chi connectivity index (χ2n) is 4.64. The Balaban J connectivity index is 1.75. The molecule has 1 aromatic carbocycles. The molecule has 6 heteroatoms. The largest absolute Gasteiger partial charge is 0.300 e. The first-order chi connectivity index (χ1) is 9.25. The number of rotatable bonds is 5. The van der Waals surface area contributed by atoms with Gasteiger partial charge in [0.05, 0.1) is 16.7 Å². The van der Waals surface area contributed by atoms with Crippen molar-refractivity contribution in [2.75, 3.05) is 5.43 Å². The Hall–Kier alpha value is -2.11. The summed E-state index contributed by atoms with van der Waals surface area (Å²) in [5.74, 6) is 0. The summed E-state index contributed by atoms with van der Waals surface area (Å²) in [4.78, 5) is 14.5. The van der Waals surface area contributed by atoms with E-state index < -0.39 is 4.92 Å². The molecular weight excluding hydrogens is 244 g/mol. The van der Waals surface area contributed by atoms with Crippen LogP contribution in [0.4, 0.5) is 11.4 Å². The number of nitro groups is 1. The molecule has 0 bridgehead atoms. The Morgan fingerprint density at radius 1 is 1.21 bits per heavy atom. The van der Waals surface area contributed by atoms with Gasteiger partial charge in [-0.3, -0.25) is 20.5 Å². The van der Waals surface area contributed by atoms with Crippen molar-refractivity contribution in [1.82, 2.24) is 5.43 Å². The maximum absolute atomic E-state index is 10.5. The van der Waals surface area contributed by atoms with E-state index in [0.29, 0.717) is 6.04 Å². The monoisotopic (exact) mass is 262 g/mol. The standard InChI is InChI=1S/C13H18N4O2/c18-17(19)13-8-6-12(7-9-13)16-15-10-14-11-4-2-1-3-5-11/h6-11,16H,1-5H2,(H,14,15). The number of nitro benzene ring substituents is 1. The van der Waals surface area contributed by atoms with E-state index in [1.54, 1.807) is 18.5 Å². The van der Waals surface area contributed by atoms with E-state index >= 15 is 0 Å². The maximum atomic E-state index is 10.5. The molecule has 0 atom stereocenters. The van der Waals surface area contributed by atoms with E-state index in [1.807, 2.05) is 0 Å². The summed E-state index contributed by atoms with van der Waals surface area (Å²) in [6.07, 6.45) is 7.83. The highest BCUT2D eigenvalue weighted by atomic mass is 16.6. The minimum atomic E-state index is -0.415. The van der Waals surface area contributed by atoms with E-state index in [4.69, 9.17) is 0 Å². The van der Waals surface area contributed by atoms with Crippen molar-refractivity contribution in [1.29, 1.82) is 0 Å². The van der Waals surface area contributed by atoms with Gasteiger partial charge in [0.15, 0.2) is 0 Å². The first-order valence-corrected chi connectivity index (χ1v) is 6.53. The zero-order valence-electron chi connectivity index (χ0n) is 10.7. The Bertz CT molecular complexity index is 438. The molecule has 0 aromatic heterocycles. The van der Waals surface area contributed by atoms with Gasteiger partial charge in [-0.05, 0) is 25.0 Å². The minimum absolute atomic E-state index is 0.0847. The van der Waals surface area contributed by atoms with Crippen LogP contribution in [0.15, 0.2) is 29.3 Å². The van der Waals surface area contributed by atoms with Crippen LogP contribution in [0.1, 0.15) is 32.1 Å². The molecule has 0 unspecified atom stereocenters. The lowest BCUT2D eigenvalue weighted by molar-refractivity contribution is -0.384. The lowest BCUT2D eigenvalue weighted by Crippen LogP contribution is -2.21. The van der Waals surface area contributed by atoms with Crippen LogP contribution in [-0.2, 0) is 0 Å². The third kappa shape index (κ3) is 4.24. The second-order valence-corrected chi connectivity index (χ2v) is 4.64. The van der Waals surface area contributed by atoms with Crippen molar-refractivity contribution >= 4 is 17.7 Å². The molecule has 1 fully saturated rings. The first kappa shape index (κ1) is 13.3. The summed E-state index contributed by atoms with van der Waals surface area (Å²) in [6, 6.07) is 6.66. The number of hydrazine groups is 1. The van der Waals surface area contributed by atoms with Crippen molar-refractivity contribution in [2.24, 2.45) is 4.99 Å². The number of benzene rings is 1. The third-order valence-corrected chi connectivity index (χ3v) is 3.22. The quantitative estimate of drug-likeness (QED) is 0.370. The SMILES string of the molecule is O=[N+]([O-])c1ccc(NNC=NC2CCCCC2)cc1. The van der Waals surface area contributed by atoms with E-state index in [9.17, 15) is 10.1 Å². The summed E-state index contributed by atoms with van der Waals surface area (Å²) >= 11 is 0. The lowest BCUT2D eigenvalue weighted by atomic mass is 9.96. The number of aliphatic imine (C=N–C) groups is 1. The fourth-order valence-electron chi connectivity index (χ4n) is 2.15. The van der Waals surface area contributed by atoms with Gasteiger partial charge in [-0.15, -0.1) is 0 Å². The fraction of sp³-hybridized carbons (Fsp3) is 0.462. The van der Waals surface area contributed by atoms with Gasteiger partial charge < -0.3 is 5.43 Å². The highest BCUT2D eigenvalue weighted by Gasteiger charge is 2.10. The zero-order valence-corrected chi connectivity index (χ0v) is 10.7. The molecule has 1 aliphatic rings. The summed E-state index contributed by atoms with van der Waals surface area (Å²) < 4.78 is 0. The van der Waals surface area contributed by atoms with Crippen molar-refractivity contribution in [3.05, 3.63) is 34.4 Å². The molecule has 2 rings (SSSR count). The summed E-state index contributed by atoms with van der Waals surface area (Å²) in [6.45, 7) is 0. The zero-order chi connectivity index (χ0) is 13.5. The summed E-state index contributed by atoms with van der Waals surface area (Å²) in [7, 11) is 0. The molecule has 2 N–H and O–H groups in total. The molecule has 1 aromatic rings. The van der Waals surface area contributed by atoms with Crippen LogP contribution in [0.5, 0.6) is 0 Å². The predicted octanol–water partition coefficient (Wildman–Crippen LogP) is 2.87. The normalized spacial score (nSPS) is 16.4. The van der Waals surface area contributed by atoms with Gasteiger partial charge in [0.1, 0.15) is 6.34 Å². The maximum Gasteiger partial charge on any atom is 0.269 e. The van der Waals surface area contributed by atoms with Crippen LogP contribution in [0, 0.1) is 10.1 Å². The highest BCUT2D eigenvalue weighted by molar-refractivity contribution is 5.59. The van der Waals surface area contributed by atoms with Gasteiger partial charge in [0, 0.05) is 12.1 Å². The molecule has 6 nitrogen and oxygen atoms in total. The number of hydrogen-bond donors (Lipinski definition) is 2. The van der Waals surface area contributed by atoms with Gasteiger partial charge in [-0.1, -0.05) is 19.3 Å². The Kier molecular flexibility index (Phi) is 4.72.